The third-order valence-corrected chi connectivity index (χ3v) is 5.09. The zero-order valence-corrected chi connectivity index (χ0v) is 17.4. The maximum Gasteiger partial charge on any atom is 0.280 e. The number of hydrazone groups is 1. The molecule has 0 bridgehead atoms. The Hall–Kier alpha value is -4.87. The molecule has 0 atom stereocenters. The van der Waals surface area contributed by atoms with E-state index < -0.39 is 21.3 Å². The maximum atomic E-state index is 13.0. The average Bonchev–Trinajstić information content (AvgIpc) is 3.24. The number of H-pyrrole nitrogens is 1. The molecule has 0 unspecified atom stereocenters. The summed E-state index contributed by atoms with van der Waals surface area (Å²) in [4.78, 5) is 46.6. The normalized spacial score (nSPS) is 14.6. The lowest BCUT2D eigenvalue weighted by Gasteiger charge is -2.11. The number of hydrogen-bond acceptors (Lipinski definition) is 7. The van der Waals surface area contributed by atoms with Crippen molar-refractivity contribution in [3.8, 4) is 5.69 Å². The van der Waals surface area contributed by atoms with Crippen LogP contribution in [0.1, 0.15) is 18.2 Å². The minimum Gasteiger partial charge on any atom is -0.295 e. The highest BCUT2D eigenvalue weighted by atomic mass is 16.6. The number of nitro groups is 2. The van der Waals surface area contributed by atoms with Crippen LogP contribution in [0.15, 0.2) is 64.0 Å². The number of non-ortho nitro benzene ring substituents is 2. The molecule has 0 saturated carbocycles. The van der Waals surface area contributed by atoms with E-state index in [1.807, 2.05) is 0 Å². The molecule has 166 valence electrons. The van der Waals surface area contributed by atoms with Crippen LogP contribution in [0.4, 0.5) is 17.1 Å². The van der Waals surface area contributed by atoms with Crippen molar-refractivity contribution in [2.45, 2.75) is 13.8 Å². The van der Waals surface area contributed by atoms with Crippen LogP contribution in [0, 0.1) is 27.2 Å². The summed E-state index contributed by atoms with van der Waals surface area (Å²) < 4.78 is 1.23. The number of aryl methyl sites for hydroxylation is 1. The van der Waals surface area contributed by atoms with Gasteiger partial charge >= 0.3 is 0 Å². The second-order valence-electron chi connectivity index (χ2n) is 7.20. The fraction of sp³-hybridized carbons (Fsp3) is 0.0952. The maximum absolute atomic E-state index is 13.0. The third-order valence-electron chi connectivity index (χ3n) is 5.09. The number of hydrogen-bond donors (Lipinski definition) is 1. The van der Waals surface area contributed by atoms with E-state index in [0.717, 1.165) is 5.01 Å². The molecule has 0 aliphatic carbocycles. The van der Waals surface area contributed by atoms with Crippen molar-refractivity contribution < 1.29 is 14.6 Å². The topological polar surface area (TPSA) is 157 Å². The number of anilines is 1. The van der Waals surface area contributed by atoms with Crippen LogP contribution in [0.3, 0.4) is 0 Å². The Morgan fingerprint density at radius 3 is 1.91 bits per heavy atom. The van der Waals surface area contributed by atoms with Gasteiger partial charge in [-0.05, 0) is 44.2 Å². The lowest BCUT2D eigenvalue weighted by atomic mass is 10.1. The van der Waals surface area contributed by atoms with E-state index in [0.29, 0.717) is 22.8 Å². The summed E-state index contributed by atoms with van der Waals surface area (Å²) in [6.45, 7) is 3.28. The summed E-state index contributed by atoms with van der Waals surface area (Å²) >= 11 is 0. The van der Waals surface area contributed by atoms with Crippen LogP contribution < -0.4 is 10.6 Å². The van der Waals surface area contributed by atoms with Crippen molar-refractivity contribution in [2.75, 3.05) is 5.01 Å². The quantitative estimate of drug-likeness (QED) is 0.359. The molecule has 1 N–H and O–H groups in total. The number of aromatic nitrogens is 2. The highest BCUT2D eigenvalue weighted by Crippen LogP contribution is 2.27. The molecule has 2 aromatic carbocycles. The molecular formula is C21H16N6O6. The fourth-order valence-corrected chi connectivity index (χ4v) is 3.35. The number of aromatic amines is 1. The summed E-state index contributed by atoms with van der Waals surface area (Å²) in [5, 5.41) is 29.9. The van der Waals surface area contributed by atoms with Gasteiger partial charge in [0.05, 0.1) is 38.1 Å². The molecule has 4 rings (SSSR count). The van der Waals surface area contributed by atoms with E-state index in [4.69, 9.17) is 0 Å². The van der Waals surface area contributed by atoms with E-state index in [1.54, 1.807) is 13.8 Å². The predicted molar refractivity (Wildman–Crippen MR) is 119 cm³/mol. The molecule has 12 nitrogen and oxygen atoms in total. The van der Waals surface area contributed by atoms with Crippen LogP contribution in [0.2, 0.25) is 0 Å². The molecule has 1 aliphatic heterocycles. The van der Waals surface area contributed by atoms with Gasteiger partial charge in [0.15, 0.2) is 0 Å². The fourth-order valence-electron chi connectivity index (χ4n) is 3.35. The second kappa shape index (κ2) is 8.00. The first kappa shape index (κ1) is 21.4. The van der Waals surface area contributed by atoms with Crippen molar-refractivity contribution in [1.82, 2.24) is 9.78 Å². The monoisotopic (exact) mass is 448 g/mol. The van der Waals surface area contributed by atoms with Gasteiger partial charge in [0, 0.05) is 30.0 Å². The molecule has 2 heterocycles. The molecule has 33 heavy (non-hydrogen) atoms. The summed E-state index contributed by atoms with van der Waals surface area (Å²) in [5.74, 6) is -0.483. The van der Waals surface area contributed by atoms with Crippen LogP contribution in [0.25, 0.3) is 11.8 Å². The molecule has 1 aliphatic rings. The van der Waals surface area contributed by atoms with E-state index in [1.165, 1.54) is 59.3 Å². The summed E-state index contributed by atoms with van der Waals surface area (Å²) in [7, 11) is 0. The van der Waals surface area contributed by atoms with E-state index >= 15 is 0 Å². The summed E-state index contributed by atoms with van der Waals surface area (Å²) in [5.41, 5.74) is 1.38. The van der Waals surface area contributed by atoms with Crippen LogP contribution >= 0.6 is 0 Å². The van der Waals surface area contributed by atoms with Crippen molar-refractivity contribution in [3.63, 3.8) is 0 Å². The smallest absolute Gasteiger partial charge is 0.280 e. The van der Waals surface area contributed by atoms with Gasteiger partial charge in [0.25, 0.3) is 22.8 Å². The molecule has 1 amide bonds. The van der Waals surface area contributed by atoms with Gasteiger partial charge in [-0.1, -0.05) is 0 Å². The highest BCUT2D eigenvalue weighted by Gasteiger charge is 2.30. The van der Waals surface area contributed by atoms with Gasteiger partial charge < -0.3 is 0 Å². The molecule has 0 radical (unpaired) electrons. The molecular weight excluding hydrogens is 432 g/mol. The zero-order chi connectivity index (χ0) is 23.9. The van der Waals surface area contributed by atoms with Crippen LogP contribution in [-0.2, 0) is 4.79 Å². The zero-order valence-electron chi connectivity index (χ0n) is 17.4. The Balaban J connectivity index is 1.67. The molecule has 0 fully saturated rings. The van der Waals surface area contributed by atoms with Crippen molar-refractivity contribution in [3.05, 3.63) is 95.9 Å². The Morgan fingerprint density at radius 2 is 1.39 bits per heavy atom. The minimum absolute atomic E-state index is 0.104. The lowest BCUT2D eigenvalue weighted by molar-refractivity contribution is -0.385. The van der Waals surface area contributed by atoms with Gasteiger partial charge in [-0.15, -0.1) is 0 Å². The van der Waals surface area contributed by atoms with Gasteiger partial charge in [-0.25, -0.2) is 4.68 Å². The van der Waals surface area contributed by atoms with Gasteiger partial charge in [-0.3, -0.25) is 34.9 Å². The number of benzene rings is 2. The molecule has 12 heteroatoms. The lowest BCUT2D eigenvalue weighted by Crippen LogP contribution is -2.22. The Labute approximate surface area is 185 Å². The Kier molecular flexibility index (Phi) is 5.18. The second-order valence-corrected chi connectivity index (χ2v) is 7.20. The number of rotatable bonds is 5. The number of carbonyl (C=O) groups is 1. The molecule has 3 aromatic rings. The molecule has 1 aromatic heterocycles. The van der Waals surface area contributed by atoms with Crippen molar-refractivity contribution in [2.24, 2.45) is 5.10 Å². The Bertz CT molecular complexity index is 1410. The van der Waals surface area contributed by atoms with Gasteiger partial charge in [0.1, 0.15) is 0 Å². The van der Waals surface area contributed by atoms with Crippen molar-refractivity contribution >= 4 is 34.8 Å². The predicted octanol–water partition coefficient (Wildman–Crippen LogP) is 3.10. The number of nitrogens with one attached hydrogen (secondary N) is 1. The van der Waals surface area contributed by atoms with Crippen LogP contribution in [0.5, 0.6) is 0 Å². The minimum atomic E-state index is -0.542. The third kappa shape index (κ3) is 3.80. The number of nitro benzene ring substituents is 2. The largest absolute Gasteiger partial charge is 0.295 e. The Morgan fingerprint density at radius 1 is 0.879 bits per heavy atom. The molecule has 0 saturated heterocycles. The first-order chi connectivity index (χ1) is 15.7. The summed E-state index contributed by atoms with van der Waals surface area (Å²) in [6.07, 6.45) is 1.43. The van der Waals surface area contributed by atoms with Crippen LogP contribution in [-0.4, -0.2) is 31.2 Å². The standard InChI is InChI=1S/C21H16N6O6/c1-12-18(20(28)24(22-12)14-3-7-16(8-4-14)26(30)31)11-19-13(2)23-25(21(19)29)15-5-9-17(10-6-15)27(32)33/h3-11,22H,1-2H3/b19-11-. The van der Waals surface area contributed by atoms with E-state index in [-0.39, 0.29) is 22.5 Å². The highest BCUT2D eigenvalue weighted by molar-refractivity contribution is 6.32. The van der Waals surface area contributed by atoms with E-state index in [9.17, 15) is 29.8 Å². The van der Waals surface area contributed by atoms with Gasteiger partial charge in [-0.2, -0.15) is 10.1 Å². The van der Waals surface area contributed by atoms with Crippen molar-refractivity contribution in [1.29, 1.82) is 0 Å². The van der Waals surface area contributed by atoms with E-state index in [2.05, 4.69) is 10.2 Å². The summed E-state index contributed by atoms with van der Waals surface area (Å²) in [6, 6.07) is 10.8. The van der Waals surface area contributed by atoms with Gasteiger partial charge in [0.2, 0.25) is 0 Å². The first-order valence-corrected chi connectivity index (χ1v) is 9.60. The molecule has 0 spiro atoms. The number of nitrogens with zero attached hydrogens (tertiary/aromatic N) is 5. The average molecular weight is 448 g/mol. The first-order valence-electron chi connectivity index (χ1n) is 9.60. The number of carbonyl (C=O) groups excluding carboxylic acids is 1. The number of amides is 1. The SMILES string of the molecule is CC1=NN(c2ccc([N+](=O)[O-])cc2)C(=O)/C1=C\c1c(C)[nH]n(-c2ccc([N+](=O)[O-])cc2)c1=O.